The van der Waals surface area contributed by atoms with Crippen molar-refractivity contribution in [3.05, 3.63) is 0 Å². The van der Waals surface area contributed by atoms with E-state index in [1.165, 1.54) is 38.5 Å². The molecule has 1 N–H and O–H groups in total. The van der Waals surface area contributed by atoms with Crippen molar-refractivity contribution in [3.8, 4) is 0 Å². The van der Waals surface area contributed by atoms with Crippen LogP contribution >= 0.6 is 0 Å². The maximum Gasteiger partial charge on any atom is 0.0242 e. The lowest BCUT2D eigenvalue weighted by Gasteiger charge is -2.36. The van der Waals surface area contributed by atoms with Gasteiger partial charge in [0, 0.05) is 18.6 Å². The molecule has 1 saturated carbocycles. The van der Waals surface area contributed by atoms with Crippen molar-refractivity contribution in [2.45, 2.75) is 78.3 Å². The van der Waals surface area contributed by atoms with E-state index in [1.807, 2.05) is 0 Å². The van der Waals surface area contributed by atoms with Crippen LogP contribution in [0.1, 0.15) is 66.2 Å². The molecule has 2 heteroatoms. The summed E-state index contributed by atoms with van der Waals surface area (Å²) in [4.78, 5) is 2.42. The first-order valence-corrected chi connectivity index (χ1v) is 8.89. The van der Waals surface area contributed by atoms with Gasteiger partial charge in [0.2, 0.25) is 0 Å². The molecule has 3 atom stereocenters. The van der Waals surface area contributed by atoms with E-state index in [4.69, 9.17) is 0 Å². The molecule has 0 heterocycles. The van der Waals surface area contributed by atoms with Gasteiger partial charge in [-0.05, 0) is 44.7 Å². The van der Waals surface area contributed by atoms with E-state index >= 15 is 0 Å². The van der Waals surface area contributed by atoms with E-state index < -0.39 is 0 Å². The van der Waals surface area contributed by atoms with E-state index in [2.05, 4.69) is 52.0 Å². The lowest BCUT2D eigenvalue weighted by molar-refractivity contribution is 0.172. The molecule has 0 spiro atoms. The van der Waals surface area contributed by atoms with Crippen molar-refractivity contribution in [2.24, 2.45) is 17.8 Å². The van der Waals surface area contributed by atoms with E-state index in [1.54, 1.807) is 0 Å². The first-order chi connectivity index (χ1) is 9.49. The number of hydrogen-bond acceptors (Lipinski definition) is 2. The minimum absolute atomic E-state index is 0.685. The molecule has 0 amide bonds. The van der Waals surface area contributed by atoms with Crippen LogP contribution in [0.4, 0.5) is 0 Å². The van der Waals surface area contributed by atoms with Gasteiger partial charge in [0.15, 0.2) is 0 Å². The molecule has 0 radical (unpaired) electrons. The first kappa shape index (κ1) is 18.0. The maximum absolute atomic E-state index is 3.90. The van der Waals surface area contributed by atoms with Crippen molar-refractivity contribution < 1.29 is 0 Å². The summed E-state index contributed by atoms with van der Waals surface area (Å²) in [6.45, 7) is 10.6. The Bertz CT molecular complexity index is 246. The van der Waals surface area contributed by atoms with E-state index in [-0.39, 0.29) is 0 Å². The van der Waals surface area contributed by atoms with Gasteiger partial charge in [0.05, 0.1) is 0 Å². The van der Waals surface area contributed by atoms with Gasteiger partial charge >= 0.3 is 0 Å². The molecular weight excluding hydrogens is 244 g/mol. The summed E-state index contributed by atoms with van der Waals surface area (Å²) in [6, 6.07) is 1.44. The Morgan fingerprint density at radius 3 is 2.25 bits per heavy atom. The number of nitrogens with zero attached hydrogens (tertiary/aromatic N) is 1. The highest BCUT2D eigenvalue weighted by Crippen LogP contribution is 2.30. The monoisotopic (exact) mass is 282 g/mol. The molecule has 0 aromatic heterocycles. The highest BCUT2D eigenvalue weighted by molar-refractivity contribution is 4.83. The molecule has 0 saturated heterocycles. The van der Waals surface area contributed by atoms with Crippen LogP contribution in [0.3, 0.4) is 0 Å². The molecule has 2 nitrogen and oxygen atoms in total. The summed E-state index contributed by atoms with van der Waals surface area (Å²) in [5.74, 6) is 2.61. The zero-order valence-electron chi connectivity index (χ0n) is 14.8. The molecule has 120 valence electrons. The van der Waals surface area contributed by atoms with Crippen LogP contribution in [-0.4, -0.2) is 37.6 Å². The highest BCUT2D eigenvalue weighted by Gasteiger charge is 2.26. The molecule has 0 bridgehead atoms. The predicted octanol–water partition coefficient (Wildman–Crippen LogP) is 4.16. The quantitative estimate of drug-likeness (QED) is 0.719. The molecule has 0 aromatic carbocycles. The average molecular weight is 283 g/mol. The molecule has 20 heavy (non-hydrogen) atoms. The van der Waals surface area contributed by atoms with E-state index in [0.717, 1.165) is 30.3 Å². The van der Waals surface area contributed by atoms with Crippen molar-refractivity contribution in [3.63, 3.8) is 0 Å². The standard InChI is InChI=1S/C18H38N2/c1-7-15(8-2)18(20(5)6)13-19-17-11-9-10-16(12-17)14(3)4/h14-19H,7-13H2,1-6H3. The third-order valence-electron chi connectivity index (χ3n) is 5.53. The Labute approximate surface area is 127 Å². The Hall–Kier alpha value is -0.0800. The van der Waals surface area contributed by atoms with Gasteiger partial charge in [-0.1, -0.05) is 53.4 Å². The van der Waals surface area contributed by atoms with Gasteiger partial charge in [0.1, 0.15) is 0 Å². The van der Waals surface area contributed by atoms with E-state index in [9.17, 15) is 0 Å². The SMILES string of the molecule is CCC(CC)C(CNC1CCCC(C(C)C)C1)N(C)C. The van der Waals surface area contributed by atoms with Gasteiger partial charge in [-0.2, -0.15) is 0 Å². The second-order valence-corrected chi connectivity index (χ2v) is 7.38. The molecule has 1 aliphatic carbocycles. The number of likely N-dealkylation sites (N-methyl/N-ethyl adjacent to an activating group) is 1. The highest BCUT2D eigenvalue weighted by atomic mass is 15.1. The van der Waals surface area contributed by atoms with Crippen LogP contribution < -0.4 is 5.32 Å². The van der Waals surface area contributed by atoms with Crippen molar-refractivity contribution in [2.75, 3.05) is 20.6 Å². The van der Waals surface area contributed by atoms with Gasteiger partial charge in [0.25, 0.3) is 0 Å². The molecule has 1 fully saturated rings. The fraction of sp³-hybridized carbons (Fsp3) is 1.00. The molecular formula is C18H38N2. The normalized spacial score (nSPS) is 25.6. The smallest absolute Gasteiger partial charge is 0.0242 e. The van der Waals surface area contributed by atoms with Gasteiger partial charge in [-0.25, -0.2) is 0 Å². The largest absolute Gasteiger partial charge is 0.312 e. The third-order valence-corrected chi connectivity index (χ3v) is 5.53. The Morgan fingerprint density at radius 2 is 1.75 bits per heavy atom. The van der Waals surface area contributed by atoms with Crippen LogP contribution in [0.2, 0.25) is 0 Å². The van der Waals surface area contributed by atoms with Crippen LogP contribution in [0, 0.1) is 17.8 Å². The minimum Gasteiger partial charge on any atom is -0.312 e. The van der Waals surface area contributed by atoms with Crippen LogP contribution in [0.25, 0.3) is 0 Å². The van der Waals surface area contributed by atoms with Crippen LogP contribution in [-0.2, 0) is 0 Å². The van der Waals surface area contributed by atoms with Crippen molar-refractivity contribution in [1.29, 1.82) is 0 Å². The average Bonchev–Trinajstić information content (AvgIpc) is 2.43. The summed E-state index contributed by atoms with van der Waals surface area (Å²) in [5.41, 5.74) is 0. The number of nitrogens with one attached hydrogen (secondary N) is 1. The Morgan fingerprint density at radius 1 is 1.10 bits per heavy atom. The molecule has 3 unspecified atom stereocenters. The second-order valence-electron chi connectivity index (χ2n) is 7.38. The summed E-state index contributed by atoms with van der Waals surface area (Å²) < 4.78 is 0. The Balaban J connectivity index is 2.46. The van der Waals surface area contributed by atoms with Crippen LogP contribution in [0.5, 0.6) is 0 Å². The zero-order valence-corrected chi connectivity index (χ0v) is 14.8. The lowest BCUT2D eigenvalue weighted by atomic mass is 9.79. The van der Waals surface area contributed by atoms with Crippen molar-refractivity contribution in [1.82, 2.24) is 10.2 Å². The summed E-state index contributed by atoms with van der Waals surface area (Å²) in [7, 11) is 4.48. The summed E-state index contributed by atoms with van der Waals surface area (Å²) in [6.07, 6.45) is 8.21. The predicted molar refractivity (Wildman–Crippen MR) is 90.1 cm³/mol. The third kappa shape index (κ3) is 5.37. The molecule has 0 aromatic rings. The fourth-order valence-corrected chi connectivity index (χ4v) is 3.91. The number of hydrogen-bond donors (Lipinski definition) is 1. The van der Waals surface area contributed by atoms with Gasteiger partial charge in [-0.3, -0.25) is 0 Å². The lowest BCUT2D eigenvalue weighted by Crippen LogP contribution is -2.47. The van der Waals surface area contributed by atoms with Crippen molar-refractivity contribution >= 4 is 0 Å². The zero-order chi connectivity index (χ0) is 15.1. The van der Waals surface area contributed by atoms with Gasteiger partial charge < -0.3 is 10.2 Å². The first-order valence-electron chi connectivity index (χ1n) is 8.89. The topological polar surface area (TPSA) is 15.3 Å². The fourth-order valence-electron chi connectivity index (χ4n) is 3.91. The minimum atomic E-state index is 0.685. The number of rotatable bonds is 8. The maximum atomic E-state index is 3.90. The summed E-state index contributed by atoms with van der Waals surface area (Å²) in [5, 5.41) is 3.90. The van der Waals surface area contributed by atoms with Crippen LogP contribution in [0.15, 0.2) is 0 Å². The molecule has 0 aliphatic heterocycles. The van der Waals surface area contributed by atoms with Gasteiger partial charge in [-0.15, -0.1) is 0 Å². The molecule has 1 rings (SSSR count). The Kier molecular flexibility index (Phi) is 8.13. The van der Waals surface area contributed by atoms with E-state index in [0.29, 0.717) is 6.04 Å². The second kappa shape index (κ2) is 9.04. The molecule has 1 aliphatic rings. The summed E-state index contributed by atoms with van der Waals surface area (Å²) >= 11 is 0.